The Bertz CT molecular complexity index is 949. The van der Waals surface area contributed by atoms with E-state index in [2.05, 4.69) is 10.1 Å². The van der Waals surface area contributed by atoms with E-state index in [0.717, 1.165) is 42.0 Å². The number of carbonyl (C=O) groups excluding carboxylic acids is 1. The summed E-state index contributed by atoms with van der Waals surface area (Å²) in [6, 6.07) is 9.58. The molecule has 27 heavy (non-hydrogen) atoms. The molecule has 1 aromatic carbocycles. The van der Waals surface area contributed by atoms with Crippen LogP contribution in [0.1, 0.15) is 41.4 Å². The molecule has 1 aliphatic heterocycles. The molecule has 1 saturated heterocycles. The minimum Gasteiger partial charge on any atom is -0.488 e. The monoisotopic (exact) mass is 381 g/mol. The van der Waals surface area contributed by atoms with Crippen LogP contribution in [0.3, 0.4) is 0 Å². The zero-order valence-corrected chi connectivity index (χ0v) is 15.5. The molecule has 0 spiro atoms. The lowest BCUT2D eigenvalue weighted by Crippen LogP contribution is -2.30. The Morgan fingerprint density at radius 1 is 1.22 bits per heavy atom. The summed E-state index contributed by atoms with van der Waals surface area (Å²) in [5.41, 5.74) is 1.55. The highest BCUT2D eigenvalue weighted by atomic mass is 32.1. The van der Waals surface area contributed by atoms with Crippen LogP contribution in [0.2, 0.25) is 0 Å². The number of likely N-dealkylation sites (tertiary alicyclic amines) is 1. The van der Waals surface area contributed by atoms with E-state index in [1.165, 1.54) is 11.3 Å². The maximum Gasteiger partial charge on any atom is 0.261 e. The Morgan fingerprint density at radius 3 is 2.93 bits per heavy atom. The van der Waals surface area contributed by atoms with Crippen LogP contribution in [0.4, 0.5) is 0 Å². The molecule has 2 aliphatic rings. The molecule has 1 atom stereocenters. The van der Waals surface area contributed by atoms with Gasteiger partial charge in [-0.25, -0.2) is 0 Å². The summed E-state index contributed by atoms with van der Waals surface area (Å²) in [6.07, 6.45) is 3.03. The first kappa shape index (κ1) is 16.5. The molecule has 1 aliphatic carbocycles. The average Bonchev–Trinajstić information content (AvgIpc) is 3.12. The summed E-state index contributed by atoms with van der Waals surface area (Å²) in [5.74, 6) is 2.52. The molecule has 2 fully saturated rings. The van der Waals surface area contributed by atoms with E-state index in [4.69, 9.17) is 9.26 Å². The molecule has 7 heteroatoms. The van der Waals surface area contributed by atoms with E-state index >= 15 is 0 Å². The first-order chi connectivity index (χ1) is 13.3. The van der Waals surface area contributed by atoms with Crippen LogP contribution in [0.5, 0.6) is 5.75 Å². The Hall–Kier alpha value is -2.67. The molecule has 5 rings (SSSR count). The van der Waals surface area contributed by atoms with Crippen molar-refractivity contribution < 1.29 is 14.1 Å². The second-order valence-electron chi connectivity index (χ2n) is 7.02. The SMILES string of the molecule is O=C(c1ccsc1)N1CCC(Oc2ccccc2-c2nc(C3CC3)no2)C1. The smallest absolute Gasteiger partial charge is 0.261 e. The molecule has 1 amide bonds. The van der Waals surface area contributed by atoms with Gasteiger partial charge in [-0.2, -0.15) is 16.3 Å². The number of ether oxygens (including phenoxy) is 1. The fourth-order valence-electron chi connectivity index (χ4n) is 3.35. The number of benzene rings is 1. The summed E-state index contributed by atoms with van der Waals surface area (Å²) < 4.78 is 11.7. The minimum atomic E-state index is -0.0421. The number of rotatable bonds is 5. The minimum absolute atomic E-state index is 0.0421. The maximum absolute atomic E-state index is 12.5. The van der Waals surface area contributed by atoms with Crippen LogP contribution in [0.25, 0.3) is 11.5 Å². The van der Waals surface area contributed by atoms with E-state index in [1.54, 1.807) is 0 Å². The van der Waals surface area contributed by atoms with Crippen molar-refractivity contribution in [2.45, 2.75) is 31.3 Å². The van der Waals surface area contributed by atoms with E-state index in [1.807, 2.05) is 46.0 Å². The predicted molar refractivity (Wildman–Crippen MR) is 101 cm³/mol. The lowest BCUT2D eigenvalue weighted by Gasteiger charge is -2.17. The Labute approximate surface area is 160 Å². The van der Waals surface area contributed by atoms with Crippen molar-refractivity contribution in [3.05, 3.63) is 52.5 Å². The van der Waals surface area contributed by atoms with Crippen molar-refractivity contribution in [2.75, 3.05) is 13.1 Å². The molecule has 1 unspecified atom stereocenters. The number of carbonyl (C=O) groups is 1. The molecular weight excluding hydrogens is 362 g/mol. The summed E-state index contributed by atoms with van der Waals surface area (Å²) in [5, 5.41) is 7.91. The highest BCUT2D eigenvalue weighted by molar-refractivity contribution is 7.08. The van der Waals surface area contributed by atoms with Crippen molar-refractivity contribution in [2.24, 2.45) is 0 Å². The van der Waals surface area contributed by atoms with Gasteiger partial charge in [0.05, 0.1) is 17.7 Å². The van der Waals surface area contributed by atoms with Crippen LogP contribution in [0, 0.1) is 0 Å². The molecule has 0 N–H and O–H groups in total. The second kappa shape index (κ2) is 6.81. The number of para-hydroxylation sites is 1. The third-order valence-corrected chi connectivity index (χ3v) is 5.68. The van der Waals surface area contributed by atoms with E-state index < -0.39 is 0 Å². The highest BCUT2D eigenvalue weighted by Crippen LogP contribution is 2.39. The van der Waals surface area contributed by atoms with Crippen molar-refractivity contribution in [3.8, 4) is 17.2 Å². The topological polar surface area (TPSA) is 68.5 Å². The van der Waals surface area contributed by atoms with Crippen LogP contribution in [0.15, 0.2) is 45.6 Å². The van der Waals surface area contributed by atoms with Gasteiger partial charge in [0.25, 0.3) is 11.8 Å². The number of amides is 1. The fraction of sp³-hybridized carbons (Fsp3) is 0.350. The lowest BCUT2D eigenvalue weighted by molar-refractivity contribution is 0.0773. The van der Waals surface area contributed by atoms with Crippen LogP contribution >= 0.6 is 11.3 Å². The number of hydrogen-bond acceptors (Lipinski definition) is 6. The van der Waals surface area contributed by atoms with Gasteiger partial charge < -0.3 is 14.2 Å². The van der Waals surface area contributed by atoms with Crippen LogP contribution < -0.4 is 4.74 Å². The van der Waals surface area contributed by atoms with Crippen molar-refractivity contribution >= 4 is 17.2 Å². The Morgan fingerprint density at radius 2 is 2.11 bits per heavy atom. The van der Waals surface area contributed by atoms with Gasteiger partial charge in [0, 0.05) is 24.3 Å². The average molecular weight is 381 g/mol. The molecule has 3 heterocycles. The van der Waals surface area contributed by atoms with Gasteiger partial charge in [0.1, 0.15) is 11.9 Å². The maximum atomic E-state index is 12.5. The van der Waals surface area contributed by atoms with Crippen LogP contribution in [-0.2, 0) is 0 Å². The number of nitrogens with zero attached hydrogens (tertiary/aromatic N) is 3. The lowest BCUT2D eigenvalue weighted by atomic mass is 10.2. The zero-order chi connectivity index (χ0) is 18.2. The molecule has 1 saturated carbocycles. The molecular formula is C20H19N3O3S. The summed E-state index contributed by atoms with van der Waals surface area (Å²) >= 11 is 1.54. The molecule has 0 radical (unpaired) electrons. The molecule has 3 aromatic rings. The van der Waals surface area contributed by atoms with Gasteiger partial charge in [-0.1, -0.05) is 17.3 Å². The predicted octanol–water partition coefficient (Wildman–Crippen LogP) is 3.97. The van der Waals surface area contributed by atoms with Crippen molar-refractivity contribution in [3.63, 3.8) is 0 Å². The number of aromatic nitrogens is 2. The highest BCUT2D eigenvalue weighted by Gasteiger charge is 2.31. The largest absolute Gasteiger partial charge is 0.488 e. The Kier molecular flexibility index (Phi) is 4.16. The molecule has 138 valence electrons. The fourth-order valence-corrected chi connectivity index (χ4v) is 3.98. The van der Waals surface area contributed by atoms with Gasteiger partial charge in [-0.05, 0) is 36.4 Å². The van der Waals surface area contributed by atoms with Gasteiger partial charge in [0.15, 0.2) is 5.82 Å². The third kappa shape index (κ3) is 3.35. The zero-order valence-electron chi connectivity index (χ0n) is 14.7. The second-order valence-corrected chi connectivity index (χ2v) is 7.80. The summed E-state index contributed by atoms with van der Waals surface area (Å²) in [6.45, 7) is 1.29. The molecule has 2 aromatic heterocycles. The number of hydrogen-bond donors (Lipinski definition) is 0. The molecule has 6 nitrogen and oxygen atoms in total. The van der Waals surface area contributed by atoms with Gasteiger partial charge in [0.2, 0.25) is 0 Å². The molecule has 0 bridgehead atoms. The summed E-state index contributed by atoms with van der Waals surface area (Å²) in [4.78, 5) is 18.9. The first-order valence-electron chi connectivity index (χ1n) is 9.19. The first-order valence-corrected chi connectivity index (χ1v) is 10.1. The van der Waals surface area contributed by atoms with Crippen molar-refractivity contribution in [1.29, 1.82) is 0 Å². The van der Waals surface area contributed by atoms with E-state index in [-0.39, 0.29) is 12.0 Å². The van der Waals surface area contributed by atoms with Crippen molar-refractivity contribution in [1.82, 2.24) is 15.0 Å². The van der Waals surface area contributed by atoms with E-state index in [0.29, 0.717) is 24.9 Å². The standard InChI is InChI=1S/C20H19N3O3S/c24-20(14-8-10-27-12-14)23-9-7-15(11-23)25-17-4-2-1-3-16(17)19-21-18(22-26-19)13-5-6-13/h1-4,8,10,12-13,15H,5-7,9,11H2. The quantitative estimate of drug-likeness (QED) is 0.669. The van der Waals surface area contributed by atoms with Gasteiger partial charge in [-0.15, -0.1) is 0 Å². The third-order valence-electron chi connectivity index (χ3n) is 5.00. The normalized spacial score (nSPS) is 19.4. The van der Waals surface area contributed by atoms with Gasteiger partial charge in [-0.3, -0.25) is 4.79 Å². The Balaban J connectivity index is 1.30. The van der Waals surface area contributed by atoms with Crippen LogP contribution in [-0.4, -0.2) is 40.1 Å². The van der Waals surface area contributed by atoms with Gasteiger partial charge >= 0.3 is 0 Å². The summed E-state index contributed by atoms with van der Waals surface area (Å²) in [7, 11) is 0. The number of thiophene rings is 1. The van der Waals surface area contributed by atoms with E-state index in [9.17, 15) is 4.79 Å².